The maximum atomic E-state index is 9.71. The van der Waals surface area contributed by atoms with Gasteiger partial charge in [-0.25, -0.2) is 0 Å². The van der Waals surface area contributed by atoms with Crippen LogP contribution in [-0.4, -0.2) is 37.9 Å². The third-order valence-electron chi connectivity index (χ3n) is 3.45. The van der Waals surface area contributed by atoms with Gasteiger partial charge in [-0.3, -0.25) is 4.90 Å². The summed E-state index contributed by atoms with van der Waals surface area (Å²) in [5.41, 5.74) is 1.12. The topological polar surface area (TPSA) is 63.4 Å². The first kappa shape index (κ1) is 12.9. The average molecular weight is 274 g/mol. The van der Waals surface area contributed by atoms with E-state index in [9.17, 15) is 5.11 Å². The molecule has 2 aromatic rings. The number of ether oxygens (including phenoxy) is 1. The van der Waals surface area contributed by atoms with Gasteiger partial charge < -0.3 is 14.4 Å². The lowest BCUT2D eigenvalue weighted by Gasteiger charge is -2.27. The molecule has 20 heavy (non-hydrogen) atoms. The highest BCUT2D eigenvalue weighted by Crippen LogP contribution is 2.27. The first-order chi connectivity index (χ1) is 9.76. The van der Waals surface area contributed by atoms with Crippen LogP contribution < -0.4 is 4.74 Å². The summed E-state index contributed by atoms with van der Waals surface area (Å²) in [5, 5.41) is 17.8. The summed E-state index contributed by atoms with van der Waals surface area (Å²) in [7, 11) is 0. The van der Waals surface area contributed by atoms with Gasteiger partial charge in [0.05, 0.1) is 13.2 Å². The summed E-state index contributed by atoms with van der Waals surface area (Å²) >= 11 is 0. The van der Waals surface area contributed by atoms with E-state index < -0.39 is 0 Å². The van der Waals surface area contributed by atoms with E-state index in [-0.39, 0.29) is 5.75 Å². The molecule has 0 spiro atoms. The Balaban J connectivity index is 1.71. The highest BCUT2D eigenvalue weighted by Gasteiger charge is 2.17. The molecule has 1 aromatic heterocycles. The van der Waals surface area contributed by atoms with Crippen LogP contribution in [-0.2, 0) is 19.6 Å². The van der Waals surface area contributed by atoms with Crippen molar-refractivity contribution in [2.75, 3.05) is 13.2 Å². The molecule has 0 aliphatic carbocycles. The van der Waals surface area contributed by atoms with Gasteiger partial charge in [0.1, 0.15) is 12.2 Å². The predicted molar refractivity (Wildman–Crippen MR) is 73.4 cm³/mol. The van der Waals surface area contributed by atoms with Crippen molar-refractivity contribution >= 4 is 0 Å². The van der Waals surface area contributed by atoms with E-state index >= 15 is 0 Å². The lowest BCUT2D eigenvalue weighted by Crippen LogP contribution is -2.33. The Morgan fingerprint density at radius 2 is 2.25 bits per heavy atom. The van der Waals surface area contributed by atoms with Gasteiger partial charge in [0, 0.05) is 19.6 Å². The lowest BCUT2D eigenvalue weighted by molar-refractivity contribution is 0.208. The van der Waals surface area contributed by atoms with Crippen molar-refractivity contribution in [3.05, 3.63) is 35.9 Å². The number of hydrogen-bond acceptors (Lipinski definition) is 5. The third kappa shape index (κ3) is 2.60. The van der Waals surface area contributed by atoms with Crippen molar-refractivity contribution in [2.24, 2.45) is 0 Å². The molecule has 0 saturated carbocycles. The fourth-order valence-electron chi connectivity index (χ4n) is 2.44. The first-order valence-corrected chi connectivity index (χ1v) is 6.80. The number of aromatic nitrogens is 3. The van der Waals surface area contributed by atoms with Gasteiger partial charge in [-0.15, -0.1) is 10.2 Å². The van der Waals surface area contributed by atoms with E-state index in [4.69, 9.17) is 4.74 Å². The minimum Gasteiger partial charge on any atom is -0.504 e. The number of rotatable bonds is 4. The number of fused-ring (bicyclic) bond motifs is 1. The molecule has 1 aliphatic heterocycles. The second-order valence-electron chi connectivity index (χ2n) is 4.89. The number of hydrogen-bond donors (Lipinski definition) is 1. The average Bonchev–Trinajstić information content (AvgIpc) is 2.90. The standard InChI is InChI=1S/C14H18N4O2/c1-2-20-13-7-11(3-4-12(13)19)8-17-5-6-18-10-15-16-14(18)9-17/h3-4,7,10,19H,2,5-6,8-9H2,1H3. The van der Waals surface area contributed by atoms with Crippen LogP contribution >= 0.6 is 0 Å². The molecular weight excluding hydrogens is 256 g/mol. The second kappa shape index (κ2) is 5.50. The van der Waals surface area contributed by atoms with Crippen molar-refractivity contribution < 1.29 is 9.84 Å². The zero-order chi connectivity index (χ0) is 13.9. The van der Waals surface area contributed by atoms with E-state index in [2.05, 4.69) is 19.7 Å². The summed E-state index contributed by atoms with van der Waals surface area (Å²) in [4.78, 5) is 2.31. The van der Waals surface area contributed by atoms with E-state index in [0.717, 1.165) is 37.6 Å². The Labute approximate surface area is 117 Å². The van der Waals surface area contributed by atoms with Gasteiger partial charge in [-0.2, -0.15) is 0 Å². The molecule has 0 fully saturated rings. The molecule has 3 rings (SSSR count). The van der Waals surface area contributed by atoms with Gasteiger partial charge in [0.25, 0.3) is 0 Å². The molecule has 6 nitrogen and oxygen atoms in total. The molecule has 0 amide bonds. The molecule has 1 N–H and O–H groups in total. The summed E-state index contributed by atoms with van der Waals surface area (Å²) in [5.74, 6) is 1.74. The quantitative estimate of drug-likeness (QED) is 0.913. The molecule has 1 aromatic carbocycles. The minimum atomic E-state index is 0.189. The molecule has 1 aliphatic rings. The van der Waals surface area contributed by atoms with Crippen LogP contribution in [0.2, 0.25) is 0 Å². The third-order valence-corrected chi connectivity index (χ3v) is 3.45. The van der Waals surface area contributed by atoms with Gasteiger partial charge in [-0.05, 0) is 24.6 Å². The fourth-order valence-corrected chi connectivity index (χ4v) is 2.44. The number of benzene rings is 1. The van der Waals surface area contributed by atoms with E-state index in [1.165, 1.54) is 0 Å². The Morgan fingerprint density at radius 1 is 1.35 bits per heavy atom. The molecule has 2 heterocycles. The number of aromatic hydroxyl groups is 1. The van der Waals surface area contributed by atoms with Gasteiger partial charge in [0.15, 0.2) is 11.5 Å². The van der Waals surface area contributed by atoms with Gasteiger partial charge >= 0.3 is 0 Å². The first-order valence-electron chi connectivity index (χ1n) is 6.80. The zero-order valence-electron chi connectivity index (χ0n) is 11.5. The SMILES string of the molecule is CCOc1cc(CN2CCn3cnnc3C2)ccc1O. The van der Waals surface area contributed by atoms with Crippen LogP contribution in [0.5, 0.6) is 11.5 Å². The highest BCUT2D eigenvalue weighted by molar-refractivity contribution is 5.41. The van der Waals surface area contributed by atoms with E-state index in [1.54, 1.807) is 12.4 Å². The maximum Gasteiger partial charge on any atom is 0.161 e. The molecule has 0 radical (unpaired) electrons. The van der Waals surface area contributed by atoms with Crippen LogP contribution in [0, 0.1) is 0 Å². The largest absolute Gasteiger partial charge is 0.504 e. The van der Waals surface area contributed by atoms with Crippen LogP contribution in [0.4, 0.5) is 0 Å². The predicted octanol–water partition coefficient (Wildman–Crippen LogP) is 1.40. The van der Waals surface area contributed by atoms with Crippen molar-refractivity contribution in [3.63, 3.8) is 0 Å². The normalized spacial score (nSPS) is 15.1. The summed E-state index contributed by atoms with van der Waals surface area (Å²) in [6.07, 6.45) is 1.78. The molecular formula is C14H18N4O2. The van der Waals surface area contributed by atoms with E-state index in [0.29, 0.717) is 12.4 Å². The molecule has 6 heteroatoms. The summed E-state index contributed by atoms with van der Waals surface area (Å²) in [6.45, 7) is 5.94. The number of phenolic OH excluding ortho intramolecular Hbond substituents is 1. The van der Waals surface area contributed by atoms with Crippen LogP contribution in [0.1, 0.15) is 18.3 Å². The van der Waals surface area contributed by atoms with Crippen molar-refractivity contribution in [1.82, 2.24) is 19.7 Å². The second-order valence-corrected chi connectivity index (χ2v) is 4.89. The lowest BCUT2D eigenvalue weighted by atomic mass is 10.1. The fraction of sp³-hybridized carbons (Fsp3) is 0.429. The zero-order valence-corrected chi connectivity index (χ0v) is 11.5. The van der Waals surface area contributed by atoms with Crippen molar-refractivity contribution in [1.29, 1.82) is 0 Å². The Bertz CT molecular complexity index is 597. The van der Waals surface area contributed by atoms with E-state index in [1.807, 2.05) is 19.1 Å². The Hall–Kier alpha value is -2.08. The smallest absolute Gasteiger partial charge is 0.161 e. The molecule has 0 bridgehead atoms. The van der Waals surface area contributed by atoms with Crippen LogP contribution in [0.15, 0.2) is 24.5 Å². The van der Waals surface area contributed by atoms with Gasteiger partial charge in [0.2, 0.25) is 0 Å². The number of phenols is 1. The monoisotopic (exact) mass is 274 g/mol. The summed E-state index contributed by atoms with van der Waals surface area (Å²) < 4.78 is 7.50. The minimum absolute atomic E-state index is 0.189. The Kier molecular flexibility index (Phi) is 3.56. The Morgan fingerprint density at radius 3 is 3.10 bits per heavy atom. The van der Waals surface area contributed by atoms with Crippen LogP contribution in [0.3, 0.4) is 0 Å². The number of nitrogens with zero attached hydrogens (tertiary/aromatic N) is 4. The molecule has 0 unspecified atom stereocenters. The molecule has 0 atom stereocenters. The van der Waals surface area contributed by atoms with Crippen molar-refractivity contribution in [2.45, 2.75) is 26.6 Å². The van der Waals surface area contributed by atoms with Crippen LogP contribution in [0.25, 0.3) is 0 Å². The molecule has 106 valence electrons. The highest BCUT2D eigenvalue weighted by atomic mass is 16.5. The molecule has 0 saturated heterocycles. The van der Waals surface area contributed by atoms with Gasteiger partial charge in [-0.1, -0.05) is 6.07 Å². The summed E-state index contributed by atoms with van der Waals surface area (Å²) in [6, 6.07) is 5.52. The van der Waals surface area contributed by atoms with Crippen molar-refractivity contribution in [3.8, 4) is 11.5 Å². The maximum absolute atomic E-state index is 9.71.